The summed E-state index contributed by atoms with van der Waals surface area (Å²) >= 11 is 1.22. The maximum absolute atomic E-state index is 13.9. The summed E-state index contributed by atoms with van der Waals surface area (Å²) in [6.45, 7) is 11.3. The molecule has 102 heavy (non-hydrogen) atoms. The molecule has 0 bridgehead atoms. The minimum absolute atomic E-state index is 0.0330. The van der Waals surface area contributed by atoms with Crippen molar-refractivity contribution in [3.05, 3.63) is 29.8 Å². The largest absolute Gasteiger partial charge is 0.508 e. The Morgan fingerprint density at radius 3 is 1.27 bits per heavy atom. The lowest BCUT2D eigenvalue weighted by Gasteiger charge is -2.30. The van der Waals surface area contributed by atoms with Crippen LogP contribution in [-0.4, -0.2) is 237 Å². The first-order chi connectivity index (χ1) is 47.6. The molecule has 13 amide bonds. The number of rotatable bonds is 47. The Bertz CT molecular complexity index is 3140. The smallest absolute Gasteiger partial charge is 0.325 e. The number of carboxylic acid groups (broad SMARTS) is 4. The van der Waals surface area contributed by atoms with E-state index in [1.165, 1.54) is 56.8 Å². The highest BCUT2D eigenvalue weighted by Gasteiger charge is 2.37. The van der Waals surface area contributed by atoms with Crippen LogP contribution in [-0.2, 0) is 87.9 Å². The van der Waals surface area contributed by atoms with Crippen LogP contribution in [0.2, 0.25) is 0 Å². The number of aliphatic carboxylic acids is 4. The van der Waals surface area contributed by atoms with Crippen LogP contribution in [0.4, 0.5) is 0 Å². The Morgan fingerprint density at radius 2 is 0.824 bits per heavy atom. The number of guanidine groups is 1. The van der Waals surface area contributed by atoms with Crippen molar-refractivity contribution in [1.82, 2.24) is 74.4 Å². The maximum atomic E-state index is 13.9. The number of amides is 13. The third-order valence-electron chi connectivity index (χ3n) is 15.2. The molecule has 1 aromatic carbocycles. The first kappa shape index (κ1) is 89.6. The third kappa shape index (κ3) is 34.1. The number of carboxylic acids is 4. The van der Waals surface area contributed by atoms with E-state index in [2.05, 4.69) is 63.8 Å². The van der Waals surface area contributed by atoms with Crippen molar-refractivity contribution in [2.24, 2.45) is 35.1 Å². The highest BCUT2D eigenvalue weighted by Crippen LogP contribution is 2.15. The topological polar surface area (TPSA) is 636 Å². The fourth-order valence-corrected chi connectivity index (χ4v) is 9.71. The fourth-order valence-electron chi connectivity index (χ4n) is 9.24. The van der Waals surface area contributed by atoms with Crippen molar-refractivity contribution in [2.75, 3.05) is 38.2 Å². The molecule has 1 aromatic rings. The number of nitrogens with two attached hydrogens (primary N) is 2. The van der Waals surface area contributed by atoms with Gasteiger partial charge in [-0.3, -0.25) is 86.9 Å². The van der Waals surface area contributed by atoms with Gasteiger partial charge >= 0.3 is 23.9 Å². The van der Waals surface area contributed by atoms with Gasteiger partial charge in [-0.05, 0) is 86.0 Å². The molecule has 0 aliphatic carbocycles. The van der Waals surface area contributed by atoms with Crippen molar-refractivity contribution >= 4 is 118 Å². The minimum Gasteiger partial charge on any atom is -0.508 e. The number of phenolic OH excluding ortho intramolecular Hbond substituents is 1. The molecule has 24 N–H and O–H groups in total. The van der Waals surface area contributed by atoms with E-state index in [9.17, 15) is 107 Å². The van der Waals surface area contributed by atoms with Crippen LogP contribution < -0.4 is 85.9 Å². The molecule has 12 atom stereocenters. The highest BCUT2D eigenvalue weighted by molar-refractivity contribution is 7.98. The lowest BCUT2D eigenvalue weighted by atomic mass is 9.95. The van der Waals surface area contributed by atoms with Gasteiger partial charge in [0.2, 0.25) is 76.8 Å². The number of aromatic hydroxyl groups is 1. The van der Waals surface area contributed by atoms with E-state index in [0.717, 1.165) is 0 Å². The Morgan fingerprint density at radius 1 is 0.451 bits per heavy atom. The van der Waals surface area contributed by atoms with Crippen molar-refractivity contribution in [3.63, 3.8) is 0 Å². The second-order valence-corrected chi connectivity index (χ2v) is 25.8. The van der Waals surface area contributed by atoms with E-state index < -0.39 is 236 Å². The number of nitrogens with one attached hydrogen (secondary N) is 15. The van der Waals surface area contributed by atoms with E-state index >= 15 is 0 Å². The first-order valence-electron chi connectivity index (χ1n) is 32.4. The Labute approximate surface area is 592 Å². The summed E-state index contributed by atoms with van der Waals surface area (Å²) in [5, 5.41) is 87.8. The normalized spacial score (nSPS) is 14.5. The van der Waals surface area contributed by atoms with Crippen LogP contribution >= 0.6 is 11.8 Å². The standard InChI is InChI=1S/C62H99N17O22S/c1-11-31(8)50(60(99)70-32(9)61(100)101)79-59(98)49(30(6)7)78-58(97)48(29(4)5)76-43(83)27-69-57(96)47(28(2)3)77-55(94)37(18-20-102-10)74-56(95)40(24-46(88)89)72-42(82)26-67-52(91)38(22-44(84)85)71-41(81)25-68-53(92)39(23-45(86)87)75-54(93)36(13-12-19-66-62(64)65)73-51(90)35(63)21-33-14-16-34(80)17-15-33/h14-17,28-32,35-40,47-50,80H,11-13,18-27,63H2,1-10H3,(H,67,91)(H,68,92)(H,69,96)(H,70,99)(H,71,81)(H,72,82)(H,73,90)(H,74,95)(H,75,93)(H,76,83)(H,77,94)(H,78,97)(H,79,98)(H,84,85)(H,86,87)(H,88,89)(H,100,101)(H4,64,65,66)/t31-,32-,35-,36-,37-,38-,39-,40-,47-,48-,49-,50-/m0/s1. The summed E-state index contributed by atoms with van der Waals surface area (Å²) in [5.74, 6) is -22.3. The predicted molar refractivity (Wildman–Crippen MR) is 364 cm³/mol. The average Bonchev–Trinajstić information content (AvgIpc) is 0.855. The predicted octanol–water partition coefficient (Wildman–Crippen LogP) is -5.98. The molecule has 0 aliphatic heterocycles. The van der Waals surface area contributed by atoms with Gasteiger partial charge in [0.15, 0.2) is 5.96 Å². The zero-order valence-electron chi connectivity index (χ0n) is 58.4. The summed E-state index contributed by atoms with van der Waals surface area (Å²) in [4.78, 5) is 222. The van der Waals surface area contributed by atoms with E-state index in [4.69, 9.17) is 16.9 Å². The van der Waals surface area contributed by atoms with Gasteiger partial charge in [0.05, 0.1) is 44.9 Å². The molecule has 0 aromatic heterocycles. The average molecular weight is 1470 g/mol. The van der Waals surface area contributed by atoms with Crippen LogP contribution in [0.5, 0.6) is 5.75 Å². The second kappa shape index (κ2) is 45.4. The maximum Gasteiger partial charge on any atom is 0.325 e. The lowest BCUT2D eigenvalue weighted by molar-refractivity contribution is -0.142. The van der Waals surface area contributed by atoms with Crippen molar-refractivity contribution in [3.8, 4) is 5.75 Å². The van der Waals surface area contributed by atoms with Gasteiger partial charge in [0.1, 0.15) is 66.2 Å². The quantitative estimate of drug-likeness (QED) is 0.0164. The van der Waals surface area contributed by atoms with Gasteiger partial charge < -0.3 is 111 Å². The monoisotopic (exact) mass is 1470 g/mol. The lowest BCUT2D eigenvalue weighted by Crippen LogP contribution is -2.61. The van der Waals surface area contributed by atoms with E-state index in [0.29, 0.717) is 12.0 Å². The molecular weight excluding hydrogens is 1370 g/mol. The summed E-state index contributed by atoms with van der Waals surface area (Å²) in [5.41, 5.74) is 11.9. The van der Waals surface area contributed by atoms with Crippen molar-refractivity contribution in [1.29, 1.82) is 5.41 Å². The summed E-state index contributed by atoms with van der Waals surface area (Å²) in [6.07, 6.45) is -1.56. The molecule has 40 heteroatoms. The van der Waals surface area contributed by atoms with Gasteiger partial charge in [0, 0.05) is 6.54 Å². The van der Waals surface area contributed by atoms with Gasteiger partial charge in [-0.2, -0.15) is 11.8 Å². The summed E-state index contributed by atoms with van der Waals surface area (Å²) in [7, 11) is 0. The number of phenols is 1. The molecule has 39 nitrogen and oxygen atoms in total. The zero-order chi connectivity index (χ0) is 77.8. The van der Waals surface area contributed by atoms with Crippen LogP contribution in [0.1, 0.15) is 113 Å². The molecule has 0 saturated heterocycles. The Balaban J connectivity index is 3.16. The molecule has 1 rings (SSSR count). The van der Waals surface area contributed by atoms with Gasteiger partial charge in [-0.1, -0.05) is 73.9 Å². The Kier molecular flexibility index (Phi) is 39.9. The second-order valence-electron chi connectivity index (χ2n) is 24.8. The summed E-state index contributed by atoms with van der Waals surface area (Å²) in [6, 6.07) is -10.8. The number of benzene rings is 1. The number of carbonyl (C=O) groups is 17. The number of thioether (sulfide) groups is 1. The third-order valence-corrected chi connectivity index (χ3v) is 15.9. The molecular formula is C62H99N17O22S. The van der Waals surface area contributed by atoms with E-state index in [1.807, 2.05) is 10.6 Å². The highest BCUT2D eigenvalue weighted by atomic mass is 32.2. The SMILES string of the molecule is CC[C@H](C)[C@H](NC(=O)[C@@H](NC(=O)[C@@H](NC(=O)CNC(=O)[C@@H](NC(=O)[C@H](CCSC)NC(=O)[C@H](CC(=O)O)NC(=O)CNC(=O)[C@H](CC(=O)O)NC(=O)CNC(=O)[C@H](CC(=O)O)NC(=O)[C@H](CCCNC(=N)N)NC(=O)[C@@H](N)Cc1ccc(O)cc1)C(C)C)C(C)C)C(C)C)C(=O)N[C@@H](C)C(=O)O. The number of carbonyl (C=O) groups excluding carboxylic acids is 13. The first-order valence-corrected chi connectivity index (χ1v) is 33.8. The molecule has 0 unspecified atom stereocenters. The van der Waals surface area contributed by atoms with Crippen molar-refractivity contribution < 1.29 is 107 Å². The van der Waals surface area contributed by atoms with Crippen molar-refractivity contribution in [2.45, 2.75) is 180 Å². The Hall–Kier alpha value is -10.4. The molecule has 0 heterocycles. The van der Waals surface area contributed by atoms with E-state index in [-0.39, 0.29) is 43.7 Å². The minimum atomic E-state index is -2.00. The van der Waals surface area contributed by atoms with Crippen LogP contribution in [0.25, 0.3) is 0 Å². The van der Waals surface area contributed by atoms with Gasteiger partial charge in [-0.25, -0.2) is 0 Å². The van der Waals surface area contributed by atoms with E-state index in [1.54, 1.807) is 47.8 Å². The molecule has 0 saturated carbocycles. The van der Waals surface area contributed by atoms with Crippen LogP contribution in [0, 0.1) is 29.1 Å². The summed E-state index contributed by atoms with van der Waals surface area (Å²) < 4.78 is 0. The number of hydrogen-bond acceptors (Lipinski definition) is 21. The van der Waals surface area contributed by atoms with Crippen LogP contribution in [0.3, 0.4) is 0 Å². The molecule has 0 aliphatic rings. The molecule has 0 spiro atoms. The molecule has 0 radical (unpaired) electrons. The molecule has 570 valence electrons. The van der Waals surface area contributed by atoms with Gasteiger partial charge in [0.25, 0.3) is 0 Å². The van der Waals surface area contributed by atoms with Gasteiger partial charge in [-0.15, -0.1) is 0 Å². The fraction of sp³-hybridized carbons (Fsp3) is 0.613. The number of hydrogen-bond donors (Lipinski definition) is 22. The van der Waals surface area contributed by atoms with Crippen LogP contribution in [0.15, 0.2) is 24.3 Å². The zero-order valence-corrected chi connectivity index (χ0v) is 59.2. The molecule has 0 fully saturated rings.